The number of carboxylic acids is 1. The summed E-state index contributed by atoms with van der Waals surface area (Å²) in [6, 6.07) is 5.27. The van der Waals surface area contributed by atoms with Gasteiger partial charge in [0.2, 0.25) is 5.91 Å². The van der Waals surface area contributed by atoms with Gasteiger partial charge in [-0.05, 0) is 41.1 Å². The highest BCUT2D eigenvalue weighted by Crippen LogP contribution is 2.23. The zero-order chi connectivity index (χ0) is 15.6. The Morgan fingerprint density at radius 3 is 2.67 bits per heavy atom. The lowest BCUT2D eigenvalue weighted by Gasteiger charge is -2.15. The maximum Gasteiger partial charge on any atom is 0.339 e. The minimum absolute atomic E-state index is 0.0460. The van der Waals surface area contributed by atoms with Crippen LogP contribution in [0.5, 0.6) is 0 Å². The van der Waals surface area contributed by atoms with Crippen molar-refractivity contribution in [3.05, 3.63) is 43.9 Å². The van der Waals surface area contributed by atoms with E-state index in [9.17, 15) is 9.59 Å². The summed E-state index contributed by atoms with van der Waals surface area (Å²) in [7, 11) is 1.67. The maximum atomic E-state index is 12.1. The van der Waals surface area contributed by atoms with E-state index < -0.39 is 5.97 Å². The monoisotopic (exact) mass is 371 g/mol. The predicted octanol–water partition coefficient (Wildman–Crippen LogP) is 3.31. The molecule has 0 unspecified atom stereocenters. The first-order valence-electron chi connectivity index (χ1n) is 6.17. The molecule has 2 aromatic rings. The first-order chi connectivity index (χ1) is 9.86. The van der Waals surface area contributed by atoms with Crippen LogP contribution in [0.1, 0.15) is 26.8 Å². The second-order valence-corrected chi connectivity index (χ2v) is 7.17. The number of hydrogen-bond acceptors (Lipinski definition) is 4. The number of aromatic carboxylic acids is 1. The molecule has 0 aliphatic heterocycles. The molecule has 112 valence electrons. The normalized spacial score (nSPS) is 10.6. The van der Waals surface area contributed by atoms with Crippen molar-refractivity contribution in [1.82, 2.24) is 4.90 Å². The molecule has 0 aromatic carbocycles. The molecule has 7 heteroatoms. The molecule has 0 bridgehead atoms. The van der Waals surface area contributed by atoms with Crippen molar-refractivity contribution in [3.8, 4) is 0 Å². The number of furan rings is 1. The van der Waals surface area contributed by atoms with Crippen molar-refractivity contribution in [3.63, 3.8) is 0 Å². The van der Waals surface area contributed by atoms with E-state index in [1.165, 1.54) is 22.3 Å². The molecule has 1 amide bonds. The largest absolute Gasteiger partial charge is 0.478 e. The van der Waals surface area contributed by atoms with E-state index in [2.05, 4.69) is 15.9 Å². The smallest absolute Gasteiger partial charge is 0.339 e. The van der Waals surface area contributed by atoms with Gasteiger partial charge in [-0.15, -0.1) is 11.3 Å². The molecule has 2 heterocycles. The van der Waals surface area contributed by atoms with E-state index in [1.54, 1.807) is 14.0 Å². The zero-order valence-corrected chi connectivity index (χ0v) is 14.0. The topological polar surface area (TPSA) is 70.8 Å². The molecule has 0 saturated carbocycles. The fourth-order valence-corrected chi connectivity index (χ4v) is 3.36. The number of hydrogen-bond donors (Lipinski definition) is 1. The number of aryl methyl sites for hydroxylation is 1. The van der Waals surface area contributed by atoms with Gasteiger partial charge in [-0.2, -0.15) is 0 Å². The fourth-order valence-electron chi connectivity index (χ4n) is 1.89. The number of carbonyl (C=O) groups is 2. The molecule has 0 radical (unpaired) electrons. The summed E-state index contributed by atoms with van der Waals surface area (Å²) in [5.41, 5.74) is 0.132. The van der Waals surface area contributed by atoms with Crippen molar-refractivity contribution in [1.29, 1.82) is 0 Å². The van der Waals surface area contributed by atoms with Gasteiger partial charge in [0.25, 0.3) is 0 Å². The third-order valence-corrected chi connectivity index (χ3v) is 4.60. The first kappa shape index (κ1) is 15.8. The predicted molar refractivity (Wildman–Crippen MR) is 82.6 cm³/mol. The zero-order valence-electron chi connectivity index (χ0n) is 11.6. The summed E-state index contributed by atoms with van der Waals surface area (Å²) in [6.07, 6.45) is 0.318. The molecule has 0 fully saturated rings. The standard InChI is InChI=1S/C14H14BrNO4S/c1-8-11(14(18)19)5-9(20-8)7-16(2)13(17)6-10-3-4-12(15)21-10/h3-5H,6-7H2,1-2H3,(H,18,19). The molecule has 0 spiro atoms. The second kappa shape index (κ2) is 6.44. The van der Waals surface area contributed by atoms with Crippen molar-refractivity contribution in [2.24, 2.45) is 0 Å². The second-order valence-electron chi connectivity index (χ2n) is 4.62. The molecule has 0 aliphatic rings. The maximum absolute atomic E-state index is 12.1. The number of rotatable bonds is 5. The molecule has 5 nitrogen and oxygen atoms in total. The molecule has 21 heavy (non-hydrogen) atoms. The molecular formula is C14H14BrNO4S. The van der Waals surface area contributed by atoms with E-state index in [0.717, 1.165) is 8.66 Å². The van der Waals surface area contributed by atoms with Gasteiger partial charge in [-0.1, -0.05) is 0 Å². The number of carboxylic acid groups (broad SMARTS) is 1. The van der Waals surface area contributed by atoms with Crippen LogP contribution in [0.3, 0.4) is 0 Å². The van der Waals surface area contributed by atoms with Crippen LogP contribution in [0.2, 0.25) is 0 Å². The van der Waals surface area contributed by atoms with Gasteiger partial charge < -0.3 is 14.4 Å². The summed E-state index contributed by atoms with van der Waals surface area (Å²) in [5, 5.41) is 8.98. The number of thiophene rings is 1. The molecular weight excluding hydrogens is 358 g/mol. The minimum atomic E-state index is -1.03. The van der Waals surface area contributed by atoms with Crippen LogP contribution in [-0.2, 0) is 17.8 Å². The van der Waals surface area contributed by atoms with Gasteiger partial charge in [0.05, 0.1) is 16.8 Å². The Morgan fingerprint density at radius 2 is 2.14 bits per heavy atom. The number of carbonyl (C=O) groups excluding carboxylic acids is 1. The number of likely N-dealkylation sites (N-methyl/N-ethyl adjacent to an activating group) is 1. The van der Waals surface area contributed by atoms with E-state index in [1.807, 2.05) is 12.1 Å². The SMILES string of the molecule is Cc1oc(CN(C)C(=O)Cc2ccc(Br)s2)cc1C(=O)O. The fraction of sp³-hybridized carbons (Fsp3) is 0.286. The van der Waals surface area contributed by atoms with Crippen LogP contribution in [0, 0.1) is 6.92 Å². The third kappa shape index (κ3) is 3.95. The van der Waals surface area contributed by atoms with Crippen molar-refractivity contribution in [2.75, 3.05) is 7.05 Å². The molecule has 0 aliphatic carbocycles. The summed E-state index contributed by atoms with van der Waals surface area (Å²) < 4.78 is 6.36. The minimum Gasteiger partial charge on any atom is -0.478 e. The summed E-state index contributed by atoms with van der Waals surface area (Å²) in [6.45, 7) is 1.84. The van der Waals surface area contributed by atoms with Gasteiger partial charge in [0, 0.05) is 11.9 Å². The number of nitrogens with zero attached hydrogens (tertiary/aromatic N) is 1. The van der Waals surface area contributed by atoms with Crippen LogP contribution >= 0.6 is 27.3 Å². The first-order valence-corrected chi connectivity index (χ1v) is 7.78. The van der Waals surface area contributed by atoms with Gasteiger partial charge in [-0.3, -0.25) is 4.79 Å². The molecule has 2 aromatic heterocycles. The summed E-state index contributed by atoms with van der Waals surface area (Å²) in [4.78, 5) is 25.6. The van der Waals surface area contributed by atoms with E-state index in [0.29, 0.717) is 17.9 Å². The highest BCUT2D eigenvalue weighted by Gasteiger charge is 2.17. The molecule has 2 rings (SSSR count). The van der Waals surface area contributed by atoms with Crippen LogP contribution < -0.4 is 0 Å². The lowest BCUT2D eigenvalue weighted by Crippen LogP contribution is -2.27. The number of halogens is 1. The van der Waals surface area contributed by atoms with Gasteiger partial charge in [-0.25, -0.2) is 4.79 Å². The van der Waals surface area contributed by atoms with E-state index in [4.69, 9.17) is 9.52 Å². The van der Waals surface area contributed by atoms with Gasteiger partial charge in [0.1, 0.15) is 17.1 Å². The average Bonchev–Trinajstić information content (AvgIpc) is 2.95. The van der Waals surface area contributed by atoms with Crippen LogP contribution in [0.25, 0.3) is 0 Å². The average molecular weight is 372 g/mol. The number of amides is 1. The van der Waals surface area contributed by atoms with Crippen LogP contribution in [-0.4, -0.2) is 28.9 Å². The Labute approximate surface area is 134 Å². The Kier molecular flexibility index (Phi) is 4.84. The summed E-state index contributed by atoms with van der Waals surface area (Å²) in [5.74, 6) is -0.260. The summed E-state index contributed by atoms with van der Waals surface area (Å²) >= 11 is 4.88. The lowest BCUT2D eigenvalue weighted by molar-refractivity contribution is -0.129. The van der Waals surface area contributed by atoms with E-state index >= 15 is 0 Å². The highest BCUT2D eigenvalue weighted by molar-refractivity contribution is 9.11. The van der Waals surface area contributed by atoms with E-state index in [-0.39, 0.29) is 18.0 Å². The third-order valence-electron chi connectivity index (χ3n) is 2.97. The Morgan fingerprint density at radius 1 is 1.43 bits per heavy atom. The highest BCUT2D eigenvalue weighted by atomic mass is 79.9. The quantitative estimate of drug-likeness (QED) is 0.874. The Balaban J connectivity index is 2.00. The van der Waals surface area contributed by atoms with Crippen LogP contribution in [0.15, 0.2) is 26.4 Å². The van der Waals surface area contributed by atoms with Gasteiger partial charge in [0.15, 0.2) is 0 Å². The lowest BCUT2D eigenvalue weighted by atomic mass is 10.2. The van der Waals surface area contributed by atoms with Gasteiger partial charge >= 0.3 is 5.97 Å². The van der Waals surface area contributed by atoms with Crippen molar-refractivity contribution < 1.29 is 19.1 Å². The van der Waals surface area contributed by atoms with Crippen molar-refractivity contribution >= 4 is 39.1 Å². The molecule has 0 atom stereocenters. The van der Waals surface area contributed by atoms with Crippen LogP contribution in [0.4, 0.5) is 0 Å². The van der Waals surface area contributed by atoms with Crippen molar-refractivity contribution in [2.45, 2.75) is 19.9 Å². The molecule has 1 N–H and O–H groups in total. The molecule has 0 saturated heterocycles. The Bertz CT molecular complexity index is 676. The Hall–Kier alpha value is -1.60.